The quantitative estimate of drug-likeness (QED) is 0.725. The number of urea groups is 1. The van der Waals surface area contributed by atoms with Crippen molar-refractivity contribution in [1.82, 2.24) is 20.0 Å². The average Bonchev–Trinajstić information content (AvgIpc) is 3.29. The van der Waals surface area contributed by atoms with Gasteiger partial charge in [-0.15, -0.1) is 0 Å². The first-order valence-electron chi connectivity index (χ1n) is 9.08. The van der Waals surface area contributed by atoms with Crippen LogP contribution in [0.5, 0.6) is 0 Å². The van der Waals surface area contributed by atoms with E-state index in [1.165, 1.54) is 4.90 Å². The maximum absolute atomic E-state index is 13.0. The van der Waals surface area contributed by atoms with E-state index in [4.69, 9.17) is 4.52 Å². The first-order chi connectivity index (χ1) is 13.5. The number of carbonyl (C=O) groups excluding carboxylic acids is 1. The molecule has 144 valence electrons. The van der Waals surface area contributed by atoms with Crippen LogP contribution >= 0.6 is 0 Å². The van der Waals surface area contributed by atoms with Crippen molar-refractivity contribution < 1.29 is 14.4 Å². The highest BCUT2D eigenvalue weighted by Gasteiger charge is 2.38. The van der Waals surface area contributed by atoms with Crippen molar-refractivity contribution in [3.8, 4) is 11.1 Å². The summed E-state index contributed by atoms with van der Waals surface area (Å²) in [7, 11) is 0. The molecule has 2 aromatic heterocycles. The monoisotopic (exact) mass is 379 g/mol. The fourth-order valence-electron chi connectivity index (χ4n) is 3.38. The number of aliphatic hydroxyl groups is 1. The molecule has 0 radical (unpaired) electrons. The van der Waals surface area contributed by atoms with Gasteiger partial charge in [0, 0.05) is 36.6 Å². The number of likely N-dealkylation sites (tertiary alicyclic amines) is 1. The number of hydrogen-bond acceptors (Lipinski definition) is 6. The van der Waals surface area contributed by atoms with Gasteiger partial charge < -0.3 is 19.8 Å². The second-order valence-corrected chi connectivity index (χ2v) is 6.94. The van der Waals surface area contributed by atoms with Crippen LogP contribution < -0.4 is 5.32 Å². The lowest BCUT2D eigenvalue weighted by molar-refractivity contribution is 0.174. The number of nitrogens with zero attached hydrogens (tertiary/aromatic N) is 4. The fraction of sp³-hybridized carbons (Fsp3) is 0.300. The van der Waals surface area contributed by atoms with Crippen molar-refractivity contribution >= 4 is 11.7 Å². The Kier molecular flexibility index (Phi) is 4.79. The third kappa shape index (κ3) is 3.59. The Morgan fingerprint density at radius 2 is 2.14 bits per heavy atom. The molecule has 8 heteroatoms. The molecular weight excluding hydrogens is 358 g/mol. The van der Waals surface area contributed by atoms with Crippen LogP contribution in [0.3, 0.4) is 0 Å². The van der Waals surface area contributed by atoms with E-state index in [0.29, 0.717) is 23.8 Å². The topological polar surface area (TPSA) is 104 Å². The molecule has 4 rings (SSSR count). The summed E-state index contributed by atoms with van der Waals surface area (Å²) in [6.07, 6.45) is 3.23. The largest absolute Gasteiger partial charge is 0.391 e. The molecule has 28 heavy (non-hydrogen) atoms. The van der Waals surface area contributed by atoms with Crippen LogP contribution in [0.1, 0.15) is 29.7 Å². The molecule has 2 atom stereocenters. The van der Waals surface area contributed by atoms with Gasteiger partial charge in [0.05, 0.1) is 6.10 Å². The molecule has 1 aliphatic rings. The van der Waals surface area contributed by atoms with E-state index < -0.39 is 12.1 Å². The molecule has 8 nitrogen and oxygen atoms in total. The van der Waals surface area contributed by atoms with Crippen LogP contribution in [0.15, 0.2) is 47.2 Å². The highest BCUT2D eigenvalue weighted by molar-refractivity contribution is 5.91. The van der Waals surface area contributed by atoms with E-state index >= 15 is 0 Å². The summed E-state index contributed by atoms with van der Waals surface area (Å²) in [5.41, 5.74) is 3.56. The van der Waals surface area contributed by atoms with E-state index in [1.807, 2.05) is 37.3 Å². The Morgan fingerprint density at radius 1 is 1.29 bits per heavy atom. The van der Waals surface area contributed by atoms with Crippen molar-refractivity contribution in [2.45, 2.75) is 32.4 Å². The Balaban J connectivity index is 1.57. The number of aryl methyl sites for hydroxylation is 2. The first kappa shape index (κ1) is 18.1. The summed E-state index contributed by atoms with van der Waals surface area (Å²) in [5, 5.41) is 16.8. The van der Waals surface area contributed by atoms with Crippen LogP contribution in [-0.2, 0) is 0 Å². The SMILES string of the molecule is Cc1noc([C@H]2C[C@H](O)CN2C(=O)Nc2cc(-c3cccnc3)ccc2C)n1. The van der Waals surface area contributed by atoms with Crippen LogP contribution in [0, 0.1) is 13.8 Å². The predicted octanol–water partition coefficient (Wildman–Crippen LogP) is 3.09. The molecule has 1 aromatic carbocycles. The van der Waals surface area contributed by atoms with Gasteiger partial charge in [-0.25, -0.2) is 4.79 Å². The van der Waals surface area contributed by atoms with Gasteiger partial charge in [-0.1, -0.05) is 23.4 Å². The molecule has 3 heterocycles. The van der Waals surface area contributed by atoms with E-state index in [1.54, 1.807) is 19.3 Å². The number of nitrogens with one attached hydrogen (secondary N) is 1. The van der Waals surface area contributed by atoms with Crippen molar-refractivity contribution in [3.63, 3.8) is 0 Å². The van der Waals surface area contributed by atoms with Crippen LogP contribution in [-0.4, -0.2) is 43.8 Å². The number of rotatable bonds is 3. The Hall–Kier alpha value is -3.26. The molecule has 1 fully saturated rings. The van der Waals surface area contributed by atoms with Crippen molar-refractivity contribution in [1.29, 1.82) is 0 Å². The number of β-amino-alcohol motifs (C(OH)–C–C–N with tert-alkyl or cyclic N) is 1. The summed E-state index contributed by atoms with van der Waals surface area (Å²) < 4.78 is 5.23. The van der Waals surface area contributed by atoms with E-state index in [9.17, 15) is 9.90 Å². The molecule has 0 unspecified atom stereocenters. The van der Waals surface area contributed by atoms with Gasteiger partial charge in [-0.05, 0) is 37.1 Å². The van der Waals surface area contributed by atoms with Crippen LogP contribution in [0.4, 0.5) is 10.5 Å². The number of aromatic nitrogens is 3. The molecule has 2 amide bonds. The number of amides is 2. The molecule has 1 saturated heterocycles. The minimum atomic E-state index is -0.634. The number of anilines is 1. The van der Waals surface area contributed by atoms with Crippen molar-refractivity contribution in [2.75, 3.05) is 11.9 Å². The highest BCUT2D eigenvalue weighted by atomic mass is 16.5. The van der Waals surface area contributed by atoms with Crippen molar-refractivity contribution in [3.05, 3.63) is 60.0 Å². The number of carbonyl (C=O) groups is 1. The Morgan fingerprint density at radius 3 is 2.86 bits per heavy atom. The second-order valence-electron chi connectivity index (χ2n) is 6.94. The van der Waals surface area contributed by atoms with E-state index in [0.717, 1.165) is 16.7 Å². The number of hydrogen-bond donors (Lipinski definition) is 2. The summed E-state index contributed by atoms with van der Waals surface area (Å²) in [4.78, 5) is 22.9. The Bertz CT molecular complexity index is 989. The van der Waals surface area contributed by atoms with Gasteiger partial charge >= 0.3 is 6.03 Å². The summed E-state index contributed by atoms with van der Waals surface area (Å²) in [6, 6.07) is 8.94. The summed E-state index contributed by atoms with van der Waals surface area (Å²) in [6.45, 7) is 3.86. The zero-order valence-corrected chi connectivity index (χ0v) is 15.7. The third-order valence-electron chi connectivity index (χ3n) is 4.84. The van der Waals surface area contributed by atoms with E-state index in [2.05, 4.69) is 20.4 Å². The first-order valence-corrected chi connectivity index (χ1v) is 9.08. The minimum Gasteiger partial charge on any atom is -0.391 e. The Labute approximate surface area is 162 Å². The second kappa shape index (κ2) is 7.40. The summed E-state index contributed by atoms with van der Waals surface area (Å²) >= 11 is 0. The van der Waals surface area contributed by atoms with Gasteiger partial charge in [-0.3, -0.25) is 4.98 Å². The normalized spacial score (nSPS) is 19.0. The molecule has 2 N–H and O–H groups in total. The number of aliphatic hydroxyl groups excluding tert-OH is 1. The zero-order chi connectivity index (χ0) is 19.7. The third-order valence-corrected chi connectivity index (χ3v) is 4.84. The molecule has 0 saturated carbocycles. The minimum absolute atomic E-state index is 0.208. The van der Waals surface area contributed by atoms with Gasteiger partial charge in [0.25, 0.3) is 0 Å². The number of benzene rings is 1. The summed E-state index contributed by atoms with van der Waals surface area (Å²) in [5.74, 6) is 0.835. The van der Waals surface area contributed by atoms with Crippen LogP contribution in [0.25, 0.3) is 11.1 Å². The van der Waals surface area contributed by atoms with Gasteiger partial charge in [0.1, 0.15) is 6.04 Å². The molecule has 0 bridgehead atoms. The fourth-order valence-corrected chi connectivity index (χ4v) is 3.38. The highest BCUT2D eigenvalue weighted by Crippen LogP contribution is 2.32. The molecule has 3 aromatic rings. The smallest absolute Gasteiger partial charge is 0.322 e. The molecule has 1 aliphatic heterocycles. The zero-order valence-electron chi connectivity index (χ0n) is 15.7. The lowest BCUT2D eigenvalue weighted by Crippen LogP contribution is -2.35. The van der Waals surface area contributed by atoms with Crippen molar-refractivity contribution in [2.24, 2.45) is 0 Å². The maximum atomic E-state index is 13.0. The lowest BCUT2D eigenvalue weighted by Gasteiger charge is -2.22. The van der Waals surface area contributed by atoms with Gasteiger partial charge in [0.2, 0.25) is 5.89 Å². The lowest BCUT2D eigenvalue weighted by atomic mass is 10.0. The van der Waals surface area contributed by atoms with E-state index in [-0.39, 0.29) is 12.6 Å². The van der Waals surface area contributed by atoms with Crippen LogP contribution in [0.2, 0.25) is 0 Å². The van der Waals surface area contributed by atoms with Gasteiger partial charge in [-0.2, -0.15) is 4.98 Å². The molecular formula is C20H21N5O3. The average molecular weight is 379 g/mol. The maximum Gasteiger partial charge on any atom is 0.322 e. The standard InChI is InChI=1S/C20H21N5O3/c1-12-5-6-14(15-4-3-7-21-10-15)8-17(12)23-20(27)25-11-16(26)9-18(25)19-22-13(2)24-28-19/h3-8,10,16,18,26H,9,11H2,1-2H3,(H,23,27)/t16-,18+/m0/s1. The van der Waals surface area contributed by atoms with Gasteiger partial charge in [0.15, 0.2) is 5.82 Å². The molecule has 0 spiro atoms. The molecule has 0 aliphatic carbocycles. The predicted molar refractivity (Wildman–Crippen MR) is 103 cm³/mol. The number of pyridine rings is 1.